The van der Waals surface area contributed by atoms with E-state index in [9.17, 15) is 0 Å². The molecule has 5 rings (SSSR count). The first-order chi connectivity index (χ1) is 15.0. The van der Waals surface area contributed by atoms with Crippen molar-refractivity contribution in [3.8, 4) is 17.2 Å². The summed E-state index contributed by atoms with van der Waals surface area (Å²) < 4.78 is 17.3. The van der Waals surface area contributed by atoms with Crippen molar-refractivity contribution in [2.75, 3.05) is 19.8 Å². The largest absolute Gasteiger partial charge is 0.493 e. The van der Waals surface area contributed by atoms with Crippen LogP contribution in [0.4, 0.5) is 0 Å². The average Bonchev–Trinajstić information content (AvgIpc) is 2.70. The molecule has 170 valence electrons. The van der Waals surface area contributed by atoms with Gasteiger partial charge < -0.3 is 19.5 Å². The predicted octanol–water partition coefficient (Wildman–Crippen LogP) is 4.65. The van der Waals surface area contributed by atoms with Gasteiger partial charge in [0.15, 0.2) is 16.6 Å². The van der Waals surface area contributed by atoms with Crippen LogP contribution in [0.3, 0.4) is 0 Å². The van der Waals surface area contributed by atoms with Crippen molar-refractivity contribution in [2.24, 2.45) is 22.9 Å². The number of nitrogens with zero attached hydrogens (tertiary/aromatic N) is 1. The molecule has 2 N–H and O–H groups in total. The van der Waals surface area contributed by atoms with Crippen molar-refractivity contribution in [3.05, 3.63) is 17.7 Å². The minimum atomic E-state index is 0.173. The van der Waals surface area contributed by atoms with Crippen LogP contribution in [0.1, 0.15) is 64.9 Å². The Morgan fingerprint density at radius 3 is 2.00 bits per heavy atom. The predicted molar refractivity (Wildman–Crippen MR) is 127 cm³/mol. The third kappa shape index (κ3) is 5.08. The lowest BCUT2D eigenvalue weighted by molar-refractivity contribution is -0.0101. The zero-order valence-corrected chi connectivity index (χ0v) is 19.7. The van der Waals surface area contributed by atoms with Crippen LogP contribution in [0.15, 0.2) is 17.2 Å². The Morgan fingerprint density at radius 1 is 0.935 bits per heavy atom. The molecule has 0 unspecified atom stereocenters. The summed E-state index contributed by atoms with van der Waals surface area (Å²) in [6.07, 6.45) is 9.72. The normalized spacial score (nSPS) is 28.5. The Kier molecular flexibility index (Phi) is 6.89. The van der Waals surface area contributed by atoms with Crippen molar-refractivity contribution in [1.82, 2.24) is 10.7 Å². The summed E-state index contributed by atoms with van der Waals surface area (Å²) in [7, 11) is 0. The molecule has 0 heterocycles. The fraction of sp³-hybridized carbons (Fsp3) is 0.667. The maximum Gasteiger partial charge on any atom is 0.187 e. The first kappa shape index (κ1) is 22.2. The molecule has 4 aliphatic carbocycles. The van der Waals surface area contributed by atoms with Crippen molar-refractivity contribution in [3.63, 3.8) is 0 Å². The molecule has 0 saturated heterocycles. The van der Waals surface area contributed by atoms with Gasteiger partial charge in [-0.3, -0.25) is 5.43 Å². The Balaban J connectivity index is 1.43. The number of rotatable bonds is 9. The molecule has 0 spiro atoms. The molecule has 0 aliphatic heterocycles. The van der Waals surface area contributed by atoms with Gasteiger partial charge in [0.25, 0.3) is 0 Å². The molecule has 31 heavy (non-hydrogen) atoms. The summed E-state index contributed by atoms with van der Waals surface area (Å²) in [5, 5.41) is 8.65. The van der Waals surface area contributed by atoms with Crippen LogP contribution in [-0.4, -0.2) is 36.7 Å². The molecule has 0 aromatic heterocycles. The molecule has 0 atom stereocenters. The third-order valence-electron chi connectivity index (χ3n) is 6.76. The van der Waals surface area contributed by atoms with Gasteiger partial charge in [-0.05, 0) is 95.3 Å². The lowest BCUT2D eigenvalue weighted by Crippen LogP contribution is -2.61. The molecule has 4 saturated carbocycles. The first-order valence-corrected chi connectivity index (χ1v) is 12.1. The van der Waals surface area contributed by atoms with Crippen LogP contribution >= 0.6 is 12.2 Å². The van der Waals surface area contributed by atoms with Crippen LogP contribution in [0.25, 0.3) is 0 Å². The van der Waals surface area contributed by atoms with E-state index in [-0.39, 0.29) is 5.54 Å². The highest BCUT2D eigenvalue weighted by molar-refractivity contribution is 7.80. The zero-order chi connectivity index (χ0) is 21.8. The lowest BCUT2D eigenvalue weighted by Gasteiger charge is -2.57. The second-order valence-corrected chi connectivity index (χ2v) is 9.57. The molecular formula is C24H35N3O3S. The minimum absolute atomic E-state index is 0.173. The van der Waals surface area contributed by atoms with Gasteiger partial charge >= 0.3 is 0 Å². The van der Waals surface area contributed by atoms with Gasteiger partial charge in [0, 0.05) is 17.2 Å². The van der Waals surface area contributed by atoms with Crippen LogP contribution in [0.2, 0.25) is 0 Å². The first-order valence-electron chi connectivity index (χ1n) is 11.7. The number of ether oxygens (including phenoxy) is 3. The Labute approximate surface area is 191 Å². The molecule has 0 radical (unpaired) electrons. The number of thiocarbonyl (C=S) groups is 1. The molecule has 4 aliphatic rings. The van der Waals surface area contributed by atoms with Gasteiger partial charge in [0.05, 0.1) is 26.0 Å². The number of hydrogen-bond acceptors (Lipinski definition) is 5. The van der Waals surface area contributed by atoms with Crippen LogP contribution in [-0.2, 0) is 0 Å². The van der Waals surface area contributed by atoms with E-state index >= 15 is 0 Å². The van der Waals surface area contributed by atoms with E-state index in [1.165, 1.54) is 38.5 Å². The van der Waals surface area contributed by atoms with Crippen LogP contribution in [0.5, 0.6) is 17.2 Å². The molecule has 4 fully saturated rings. The highest BCUT2D eigenvalue weighted by Gasteiger charge is 2.51. The molecule has 6 nitrogen and oxygen atoms in total. The Morgan fingerprint density at radius 2 is 1.45 bits per heavy atom. The standard InChI is InChI=1S/C24H35N3O3S/c1-4-28-20-11-22(30-6-3)21(29-5-2)10-19(20)15-25-27-23(31)26-24-12-16-7-17(13-24)9-18(8-16)14-24/h10-11,15-18H,4-9,12-14H2,1-3H3,(H2,26,27,31)/b25-15+. The monoisotopic (exact) mass is 445 g/mol. The van der Waals surface area contributed by atoms with E-state index < -0.39 is 0 Å². The molecular weight excluding hydrogens is 410 g/mol. The van der Waals surface area contributed by atoms with E-state index in [0.717, 1.165) is 23.3 Å². The summed E-state index contributed by atoms with van der Waals surface area (Å²) in [5.41, 5.74) is 4.02. The fourth-order valence-electron chi connectivity index (χ4n) is 6.17. The van der Waals surface area contributed by atoms with Crippen molar-refractivity contribution < 1.29 is 14.2 Å². The molecule has 1 aromatic rings. The fourth-order valence-corrected chi connectivity index (χ4v) is 6.44. The minimum Gasteiger partial charge on any atom is -0.493 e. The van der Waals surface area contributed by atoms with Gasteiger partial charge in [-0.15, -0.1) is 0 Å². The second-order valence-electron chi connectivity index (χ2n) is 9.16. The third-order valence-corrected chi connectivity index (χ3v) is 6.96. The van der Waals surface area contributed by atoms with E-state index in [4.69, 9.17) is 26.4 Å². The van der Waals surface area contributed by atoms with Crippen molar-refractivity contribution in [1.29, 1.82) is 0 Å². The smallest absolute Gasteiger partial charge is 0.187 e. The van der Waals surface area contributed by atoms with Gasteiger partial charge in [0.2, 0.25) is 0 Å². The average molecular weight is 446 g/mol. The molecule has 1 aromatic carbocycles. The summed E-state index contributed by atoms with van der Waals surface area (Å²) >= 11 is 5.60. The maximum absolute atomic E-state index is 5.80. The van der Waals surface area contributed by atoms with Gasteiger partial charge in [-0.1, -0.05) is 0 Å². The summed E-state index contributed by atoms with van der Waals surface area (Å²) in [4.78, 5) is 0. The second kappa shape index (κ2) is 9.63. The Hall–Kier alpha value is -2.02. The maximum atomic E-state index is 5.80. The van der Waals surface area contributed by atoms with E-state index in [0.29, 0.717) is 42.2 Å². The van der Waals surface area contributed by atoms with E-state index in [2.05, 4.69) is 15.8 Å². The number of hydrogen-bond donors (Lipinski definition) is 2. The molecule has 0 amide bonds. The van der Waals surface area contributed by atoms with Gasteiger partial charge in [0.1, 0.15) is 5.75 Å². The molecule has 7 heteroatoms. The van der Waals surface area contributed by atoms with E-state index in [1.54, 1.807) is 6.21 Å². The number of nitrogens with one attached hydrogen (secondary N) is 2. The van der Waals surface area contributed by atoms with Gasteiger partial charge in [-0.25, -0.2) is 0 Å². The van der Waals surface area contributed by atoms with Crippen LogP contribution in [0, 0.1) is 17.8 Å². The summed E-state index contributed by atoms with van der Waals surface area (Å²) in [6, 6.07) is 3.77. The number of benzene rings is 1. The topological polar surface area (TPSA) is 64.1 Å². The summed E-state index contributed by atoms with van der Waals surface area (Å²) in [5.74, 6) is 4.69. The van der Waals surface area contributed by atoms with Gasteiger partial charge in [-0.2, -0.15) is 5.10 Å². The van der Waals surface area contributed by atoms with E-state index in [1.807, 2.05) is 32.9 Å². The highest BCUT2D eigenvalue weighted by Crippen LogP contribution is 2.55. The van der Waals surface area contributed by atoms with Crippen molar-refractivity contribution in [2.45, 2.75) is 64.8 Å². The Bertz CT molecular complexity index is 791. The molecule has 4 bridgehead atoms. The number of hydrazone groups is 1. The lowest BCUT2D eigenvalue weighted by atomic mass is 9.53. The SMILES string of the molecule is CCOc1cc(OCC)c(OCC)cc1/C=N/NC(=S)NC12CC3CC(CC(C3)C1)C2. The quantitative estimate of drug-likeness (QED) is 0.328. The highest BCUT2D eigenvalue weighted by atomic mass is 32.1. The van der Waals surface area contributed by atoms with Crippen LogP contribution < -0.4 is 25.0 Å². The van der Waals surface area contributed by atoms with Crippen molar-refractivity contribution >= 4 is 23.5 Å². The zero-order valence-electron chi connectivity index (χ0n) is 18.9. The summed E-state index contributed by atoms with van der Waals surface area (Å²) in [6.45, 7) is 7.54.